The number of hydrogen-bond acceptors (Lipinski definition) is 4. The maximum atomic E-state index is 12.6. The highest BCUT2D eigenvalue weighted by molar-refractivity contribution is 7.89. The van der Waals surface area contributed by atoms with Crippen LogP contribution < -0.4 is 4.72 Å². The second-order valence-corrected chi connectivity index (χ2v) is 8.33. The van der Waals surface area contributed by atoms with E-state index < -0.39 is 10.0 Å². The third kappa shape index (κ3) is 4.94. The van der Waals surface area contributed by atoms with Crippen LogP contribution in [-0.4, -0.2) is 56.8 Å². The Morgan fingerprint density at radius 1 is 0.963 bits per heavy atom. The van der Waals surface area contributed by atoms with Gasteiger partial charge < -0.3 is 9.80 Å². The molecule has 0 aromatic heterocycles. The SMILES string of the molecule is CCN1CCN(C(=O)c2ccc(S(=O)(=O)NCc3ccccc3)cc2)CC1. The van der Waals surface area contributed by atoms with E-state index in [4.69, 9.17) is 0 Å². The van der Waals surface area contributed by atoms with Gasteiger partial charge in [-0.3, -0.25) is 4.79 Å². The van der Waals surface area contributed by atoms with Crippen molar-refractivity contribution in [2.24, 2.45) is 0 Å². The summed E-state index contributed by atoms with van der Waals surface area (Å²) in [5, 5.41) is 0. The van der Waals surface area contributed by atoms with Gasteiger partial charge >= 0.3 is 0 Å². The van der Waals surface area contributed by atoms with Crippen molar-refractivity contribution in [2.45, 2.75) is 18.4 Å². The topological polar surface area (TPSA) is 69.7 Å². The summed E-state index contributed by atoms with van der Waals surface area (Å²) in [5.41, 5.74) is 1.40. The van der Waals surface area contributed by atoms with Crippen molar-refractivity contribution in [1.82, 2.24) is 14.5 Å². The summed E-state index contributed by atoms with van der Waals surface area (Å²) < 4.78 is 27.5. The van der Waals surface area contributed by atoms with Crippen LogP contribution in [0.15, 0.2) is 59.5 Å². The Kier molecular flexibility index (Phi) is 6.26. The molecule has 0 atom stereocenters. The average molecular weight is 388 g/mol. The second-order valence-electron chi connectivity index (χ2n) is 6.56. The molecule has 1 saturated heterocycles. The van der Waals surface area contributed by atoms with Crippen LogP contribution in [0, 0.1) is 0 Å². The molecule has 1 N–H and O–H groups in total. The van der Waals surface area contributed by atoms with Crippen molar-refractivity contribution >= 4 is 15.9 Å². The van der Waals surface area contributed by atoms with Crippen LogP contribution in [-0.2, 0) is 16.6 Å². The van der Waals surface area contributed by atoms with Gasteiger partial charge in [-0.05, 0) is 36.4 Å². The van der Waals surface area contributed by atoms with Gasteiger partial charge in [-0.25, -0.2) is 13.1 Å². The Morgan fingerprint density at radius 3 is 2.19 bits per heavy atom. The summed E-state index contributed by atoms with van der Waals surface area (Å²) in [7, 11) is -3.62. The number of nitrogens with one attached hydrogen (secondary N) is 1. The van der Waals surface area contributed by atoms with Crippen molar-refractivity contribution in [3.05, 3.63) is 65.7 Å². The number of hydrogen-bond donors (Lipinski definition) is 1. The van der Waals surface area contributed by atoms with E-state index in [0.717, 1.165) is 25.2 Å². The number of carbonyl (C=O) groups is 1. The lowest BCUT2D eigenvalue weighted by Crippen LogP contribution is -2.48. The highest BCUT2D eigenvalue weighted by Crippen LogP contribution is 2.14. The van der Waals surface area contributed by atoms with Gasteiger partial charge in [-0.2, -0.15) is 0 Å². The molecule has 1 fully saturated rings. The zero-order valence-corrected chi connectivity index (χ0v) is 16.3. The average Bonchev–Trinajstić information content (AvgIpc) is 2.73. The first-order valence-corrected chi connectivity index (χ1v) is 10.6. The van der Waals surface area contributed by atoms with Crippen LogP contribution in [0.2, 0.25) is 0 Å². The molecule has 3 rings (SSSR count). The summed E-state index contributed by atoms with van der Waals surface area (Å²) in [4.78, 5) is 16.9. The summed E-state index contributed by atoms with van der Waals surface area (Å²) in [6.45, 7) is 6.48. The van der Waals surface area contributed by atoms with Crippen LogP contribution >= 0.6 is 0 Å². The molecule has 1 aliphatic rings. The molecule has 0 unspecified atom stereocenters. The fourth-order valence-corrected chi connectivity index (χ4v) is 4.10. The lowest BCUT2D eigenvalue weighted by atomic mass is 10.2. The normalized spacial score (nSPS) is 15.7. The molecular weight excluding hydrogens is 362 g/mol. The summed E-state index contributed by atoms with van der Waals surface area (Å²) in [5.74, 6) is -0.0491. The van der Waals surface area contributed by atoms with Gasteiger partial charge in [0.2, 0.25) is 10.0 Å². The quantitative estimate of drug-likeness (QED) is 0.822. The van der Waals surface area contributed by atoms with Gasteiger partial charge in [0.05, 0.1) is 4.90 Å². The summed E-state index contributed by atoms with van der Waals surface area (Å²) in [6.07, 6.45) is 0. The zero-order chi connectivity index (χ0) is 19.3. The van der Waals surface area contributed by atoms with Gasteiger partial charge in [-0.15, -0.1) is 0 Å². The Hall–Kier alpha value is -2.22. The number of benzene rings is 2. The molecule has 0 bridgehead atoms. The molecule has 0 saturated carbocycles. The highest BCUT2D eigenvalue weighted by Gasteiger charge is 2.22. The lowest BCUT2D eigenvalue weighted by molar-refractivity contribution is 0.0643. The Balaban J connectivity index is 1.63. The number of sulfonamides is 1. The van der Waals surface area contributed by atoms with Crippen molar-refractivity contribution in [3.63, 3.8) is 0 Å². The van der Waals surface area contributed by atoms with E-state index in [1.54, 1.807) is 12.1 Å². The maximum Gasteiger partial charge on any atom is 0.253 e. The number of likely N-dealkylation sites (N-methyl/N-ethyl adjacent to an activating group) is 1. The molecule has 27 heavy (non-hydrogen) atoms. The van der Waals surface area contributed by atoms with Crippen LogP contribution in [0.5, 0.6) is 0 Å². The monoisotopic (exact) mass is 387 g/mol. The molecule has 2 aromatic carbocycles. The minimum atomic E-state index is -3.62. The number of piperazine rings is 1. The third-order valence-electron chi connectivity index (χ3n) is 4.83. The lowest BCUT2D eigenvalue weighted by Gasteiger charge is -2.34. The van der Waals surface area contributed by atoms with Crippen molar-refractivity contribution in [1.29, 1.82) is 0 Å². The molecule has 1 amide bonds. The molecule has 0 spiro atoms. The number of amides is 1. The summed E-state index contributed by atoms with van der Waals surface area (Å²) in [6, 6.07) is 15.5. The molecular formula is C20H25N3O3S. The number of carbonyl (C=O) groups excluding carboxylic acids is 1. The van der Waals surface area contributed by atoms with Crippen LogP contribution in [0.25, 0.3) is 0 Å². The van der Waals surface area contributed by atoms with Gasteiger partial charge in [0.25, 0.3) is 5.91 Å². The predicted octanol–water partition coefficient (Wildman–Crippen LogP) is 1.94. The molecule has 1 aliphatic heterocycles. The maximum absolute atomic E-state index is 12.6. The molecule has 2 aromatic rings. The summed E-state index contributed by atoms with van der Waals surface area (Å²) >= 11 is 0. The molecule has 0 radical (unpaired) electrons. The van der Waals surface area contributed by atoms with Crippen molar-refractivity contribution in [2.75, 3.05) is 32.7 Å². The Morgan fingerprint density at radius 2 is 1.59 bits per heavy atom. The fourth-order valence-electron chi connectivity index (χ4n) is 3.08. The second kappa shape index (κ2) is 8.65. The van der Waals surface area contributed by atoms with Crippen LogP contribution in [0.1, 0.15) is 22.8 Å². The first kappa shape index (κ1) is 19.5. The largest absolute Gasteiger partial charge is 0.336 e. The highest BCUT2D eigenvalue weighted by atomic mass is 32.2. The number of rotatable bonds is 6. The molecule has 144 valence electrons. The van der Waals surface area contributed by atoms with Gasteiger partial charge in [0, 0.05) is 38.3 Å². The van der Waals surface area contributed by atoms with E-state index in [2.05, 4.69) is 16.5 Å². The third-order valence-corrected chi connectivity index (χ3v) is 6.24. The van der Waals surface area contributed by atoms with Gasteiger partial charge in [0.15, 0.2) is 0 Å². The predicted molar refractivity (Wildman–Crippen MR) is 105 cm³/mol. The van der Waals surface area contributed by atoms with E-state index in [1.807, 2.05) is 35.2 Å². The van der Waals surface area contributed by atoms with E-state index in [-0.39, 0.29) is 17.3 Å². The zero-order valence-electron chi connectivity index (χ0n) is 15.5. The molecule has 0 aliphatic carbocycles. The smallest absolute Gasteiger partial charge is 0.253 e. The van der Waals surface area contributed by atoms with E-state index in [0.29, 0.717) is 18.7 Å². The molecule has 1 heterocycles. The first-order chi connectivity index (χ1) is 13.0. The van der Waals surface area contributed by atoms with Gasteiger partial charge in [0.1, 0.15) is 0 Å². The Bertz CT molecular complexity index is 859. The molecule has 6 nitrogen and oxygen atoms in total. The van der Waals surface area contributed by atoms with Crippen molar-refractivity contribution < 1.29 is 13.2 Å². The van der Waals surface area contributed by atoms with E-state index in [1.165, 1.54) is 12.1 Å². The number of nitrogens with zero attached hydrogens (tertiary/aromatic N) is 2. The van der Waals surface area contributed by atoms with Crippen LogP contribution in [0.4, 0.5) is 0 Å². The minimum Gasteiger partial charge on any atom is -0.336 e. The fraction of sp³-hybridized carbons (Fsp3) is 0.350. The van der Waals surface area contributed by atoms with Crippen molar-refractivity contribution in [3.8, 4) is 0 Å². The standard InChI is InChI=1S/C20H25N3O3S/c1-2-22-12-14-23(15-13-22)20(24)18-8-10-19(11-9-18)27(25,26)21-16-17-6-4-3-5-7-17/h3-11,21H,2,12-16H2,1H3. The molecule has 7 heteroatoms. The van der Waals surface area contributed by atoms with Gasteiger partial charge in [-0.1, -0.05) is 37.3 Å². The van der Waals surface area contributed by atoms with E-state index in [9.17, 15) is 13.2 Å². The first-order valence-electron chi connectivity index (χ1n) is 9.15. The van der Waals surface area contributed by atoms with E-state index >= 15 is 0 Å². The van der Waals surface area contributed by atoms with Crippen LogP contribution in [0.3, 0.4) is 0 Å². The Labute approximate surface area is 160 Å². The minimum absolute atomic E-state index is 0.0491.